The minimum absolute atomic E-state index is 0.0400. The van der Waals surface area contributed by atoms with Crippen LogP contribution in [0.2, 0.25) is 0 Å². The Kier molecular flexibility index (Phi) is 6.73. The van der Waals surface area contributed by atoms with E-state index in [0.29, 0.717) is 18.9 Å². The second-order valence-electron chi connectivity index (χ2n) is 7.03. The van der Waals surface area contributed by atoms with Crippen molar-refractivity contribution in [2.45, 2.75) is 26.4 Å². The average Bonchev–Trinajstić information content (AvgIpc) is 2.74. The van der Waals surface area contributed by atoms with Gasteiger partial charge in [-0.2, -0.15) is 0 Å². The molecule has 0 aliphatic carbocycles. The number of hydrogen-bond acceptors (Lipinski definition) is 4. The van der Waals surface area contributed by atoms with E-state index in [-0.39, 0.29) is 11.9 Å². The number of anilines is 1. The van der Waals surface area contributed by atoms with Gasteiger partial charge in [-0.15, -0.1) is 0 Å². The maximum Gasteiger partial charge on any atom is 0.241 e. The summed E-state index contributed by atoms with van der Waals surface area (Å²) in [5, 5.41) is 5.22. The lowest BCUT2D eigenvalue weighted by Gasteiger charge is -2.24. The monoisotopic (exact) mass is 392 g/mol. The molecular formula is C24H28N2O3. The third-order valence-electron chi connectivity index (χ3n) is 5.05. The molecule has 0 aliphatic rings. The van der Waals surface area contributed by atoms with Gasteiger partial charge in [0.1, 0.15) is 0 Å². The quantitative estimate of drug-likeness (QED) is 0.603. The third kappa shape index (κ3) is 4.87. The molecule has 0 radical (unpaired) electrons. The molecule has 0 aliphatic heterocycles. The number of nitrogens with one attached hydrogen (secondary N) is 1. The molecule has 0 spiro atoms. The maximum atomic E-state index is 12.9. The number of carbonyl (C=O) groups excluding carboxylic acids is 1. The molecule has 0 saturated carbocycles. The second-order valence-corrected chi connectivity index (χ2v) is 7.03. The molecule has 3 aromatic carbocycles. The minimum atomic E-state index is -0.300. The van der Waals surface area contributed by atoms with Gasteiger partial charge in [0, 0.05) is 17.6 Å². The molecule has 3 rings (SSSR count). The highest BCUT2D eigenvalue weighted by Crippen LogP contribution is 2.29. The number of carbonyl (C=O) groups is 1. The minimum Gasteiger partial charge on any atom is -0.493 e. The predicted octanol–water partition coefficient (Wildman–Crippen LogP) is 4.71. The Balaban J connectivity index is 1.69. The first-order valence-electron chi connectivity index (χ1n) is 9.82. The fourth-order valence-electron chi connectivity index (χ4n) is 3.28. The Morgan fingerprint density at radius 2 is 1.83 bits per heavy atom. The van der Waals surface area contributed by atoms with Crippen LogP contribution in [0, 0.1) is 0 Å². The van der Waals surface area contributed by atoms with Crippen molar-refractivity contribution in [2.75, 3.05) is 26.1 Å². The van der Waals surface area contributed by atoms with Crippen LogP contribution in [0.3, 0.4) is 0 Å². The Bertz CT molecular complexity index is 982. The van der Waals surface area contributed by atoms with Gasteiger partial charge in [-0.3, -0.25) is 9.69 Å². The number of nitrogens with zero attached hydrogens (tertiary/aromatic N) is 1. The van der Waals surface area contributed by atoms with Crippen molar-refractivity contribution in [1.29, 1.82) is 0 Å². The van der Waals surface area contributed by atoms with E-state index in [0.717, 1.165) is 27.8 Å². The van der Waals surface area contributed by atoms with Gasteiger partial charge in [-0.1, -0.05) is 42.5 Å². The molecule has 29 heavy (non-hydrogen) atoms. The van der Waals surface area contributed by atoms with Crippen molar-refractivity contribution in [2.24, 2.45) is 0 Å². The van der Waals surface area contributed by atoms with Crippen molar-refractivity contribution < 1.29 is 14.3 Å². The van der Waals surface area contributed by atoms with E-state index in [1.807, 2.05) is 86.5 Å². The Morgan fingerprint density at radius 1 is 1.07 bits per heavy atom. The van der Waals surface area contributed by atoms with Crippen LogP contribution in [0.1, 0.15) is 19.4 Å². The Hall–Kier alpha value is -3.05. The SMILES string of the molecule is CCOc1ccc(CN(C)[C@@H](C)C(=O)Nc2cccc3ccccc23)cc1OC. The summed E-state index contributed by atoms with van der Waals surface area (Å²) in [6.07, 6.45) is 0. The molecule has 1 amide bonds. The molecule has 5 nitrogen and oxygen atoms in total. The van der Waals surface area contributed by atoms with Crippen LogP contribution >= 0.6 is 0 Å². The lowest BCUT2D eigenvalue weighted by molar-refractivity contribution is -0.120. The highest BCUT2D eigenvalue weighted by atomic mass is 16.5. The molecule has 1 atom stereocenters. The summed E-state index contributed by atoms with van der Waals surface area (Å²) >= 11 is 0. The van der Waals surface area contributed by atoms with Gasteiger partial charge in [-0.25, -0.2) is 0 Å². The fourth-order valence-corrected chi connectivity index (χ4v) is 3.28. The van der Waals surface area contributed by atoms with E-state index in [9.17, 15) is 4.79 Å². The number of amides is 1. The number of hydrogen-bond donors (Lipinski definition) is 1. The van der Waals surface area contributed by atoms with Crippen LogP contribution in [0.4, 0.5) is 5.69 Å². The zero-order valence-electron chi connectivity index (χ0n) is 17.4. The van der Waals surface area contributed by atoms with E-state index < -0.39 is 0 Å². The fraction of sp³-hybridized carbons (Fsp3) is 0.292. The van der Waals surface area contributed by atoms with Gasteiger partial charge >= 0.3 is 0 Å². The van der Waals surface area contributed by atoms with Crippen LogP contribution in [0.25, 0.3) is 10.8 Å². The molecule has 152 valence electrons. The summed E-state index contributed by atoms with van der Waals surface area (Å²) in [4.78, 5) is 14.9. The van der Waals surface area contributed by atoms with E-state index in [1.54, 1.807) is 7.11 Å². The molecule has 1 N–H and O–H groups in total. The van der Waals surface area contributed by atoms with Crippen molar-refractivity contribution >= 4 is 22.4 Å². The van der Waals surface area contributed by atoms with Gasteiger partial charge in [0.05, 0.1) is 19.8 Å². The van der Waals surface area contributed by atoms with Crippen LogP contribution in [0.15, 0.2) is 60.7 Å². The van der Waals surface area contributed by atoms with Crippen molar-refractivity contribution in [3.63, 3.8) is 0 Å². The van der Waals surface area contributed by atoms with Crippen LogP contribution in [-0.4, -0.2) is 37.6 Å². The molecule has 5 heteroatoms. The summed E-state index contributed by atoms with van der Waals surface area (Å²) < 4.78 is 11.0. The summed E-state index contributed by atoms with van der Waals surface area (Å²) in [6.45, 7) is 5.05. The van der Waals surface area contributed by atoms with Gasteiger partial charge in [0.15, 0.2) is 11.5 Å². The number of likely N-dealkylation sites (N-methyl/N-ethyl adjacent to an activating group) is 1. The van der Waals surface area contributed by atoms with E-state index in [2.05, 4.69) is 5.32 Å². The molecule has 3 aromatic rings. The normalized spacial score (nSPS) is 12.0. The first kappa shape index (κ1) is 20.7. The third-order valence-corrected chi connectivity index (χ3v) is 5.05. The molecule has 0 saturated heterocycles. The average molecular weight is 392 g/mol. The molecule has 0 unspecified atom stereocenters. The first-order valence-corrected chi connectivity index (χ1v) is 9.82. The van der Waals surface area contributed by atoms with Crippen molar-refractivity contribution in [1.82, 2.24) is 4.90 Å². The van der Waals surface area contributed by atoms with E-state index in [1.165, 1.54) is 0 Å². The van der Waals surface area contributed by atoms with Crippen LogP contribution in [0.5, 0.6) is 11.5 Å². The van der Waals surface area contributed by atoms with E-state index in [4.69, 9.17) is 9.47 Å². The summed E-state index contributed by atoms with van der Waals surface area (Å²) in [7, 11) is 3.57. The highest BCUT2D eigenvalue weighted by Gasteiger charge is 2.19. The number of benzene rings is 3. The largest absolute Gasteiger partial charge is 0.493 e. The molecular weight excluding hydrogens is 364 g/mol. The summed E-state index contributed by atoms with van der Waals surface area (Å²) in [5.41, 5.74) is 1.88. The van der Waals surface area contributed by atoms with Gasteiger partial charge in [0.25, 0.3) is 0 Å². The van der Waals surface area contributed by atoms with E-state index >= 15 is 0 Å². The molecule has 0 heterocycles. The number of methoxy groups -OCH3 is 1. The second kappa shape index (κ2) is 9.43. The number of rotatable bonds is 8. The standard InChI is InChI=1S/C24H28N2O3/c1-5-29-22-14-13-18(15-23(22)28-4)16-26(3)17(2)24(27)25-21-12-8-10-19-9-6-7-11-20(19)21/h6-15,17H,5,16H2,1-4H3,(H,25,27)/t17-/m0/s1. The Morgan fingerprint density at radius 3 is 2.59 bits per heavy atom. The smallest absolute Gasteiger partial charge is 0.241 e. The predicted molar refractivity (Wildman–Crippen MR) is 118 cm³/mol. The summed E-state index contributed by atoms with van der Waals surface area (Å²) in [5.74, 6) is 1.38. The van der Waals surface area contributed by atoms with Crippen molar-refractivity contribution in [3.8, 4) is 11.5 Å². The maximum absolute atomic E-state index is 12.9. The lowest BCUT2D eigenvalue weighted by atomic mass is 10.1. The number of ether oxygens (including phenoxy) is 2. The zero-order chi connectivity index (χ0) is 20.8. The molecule has 0 fully saturated rings. The van der Waals surface area contributed by atoms with Crippen molar-refractivity contribution in [3.05, 3.63) is 66.2 Å². The lowest BCUT2D eigenvalue weighted by Crippen LogP contribution is -2.39. The Labute approximate surface area is 172 Å². The summed E-state index contributed by atoms with van der Waals surface area (Å²) in [6, 6.07) is 19.5. The van der Waals surface area contributed by atoms with Gasteiger partial charge in [-0.05, 0) is 50.0 Å². The zero-order valence-corrected chi connectivity index (χ0v) is 17.4. The molecule has 0 aromatic heterocycles. The van der Waals surface area contributed by atoms with Crippen LogP contribution < -0.4 is 14.8 Å². The topological polar surface area (TPSA) is 50.8 Å². The van der Waals surface area contributed by atoms with Crippen LogP contribution in [-0.2, 0) is 11.3 Å². The molecule has 0 bridgehead atoms. The number of fused-ring (bicyclic) bond motifs is 1. The van der Waals surface area contributed by atoms with Gasteiger partial charge < -0.3 is 14.8 Å². The van der Waals surface area contributed by atoms with Gasteiger partial charge in [0.2, 0.25) is 5.91 Å². The highest BCUT2D eigenvalue weighted by molar-refractivity contribution is 6.03. The first-order chi connectivity index (χ1) is 14.0.